The van der Waals surface area contributed by atoms with Crippen molar-refractivity contribution in [3.63, 3.8) is 0 Å². The lowest BCUT2D eigenvalue weighted by Crippen LogP contribution is -2.32. The Balaban J connectivity index is 2.18. The number of halogens is 1. The second-order valence-corrected chi connectivity index (χ2v) is 8.05. The maximum Gasteiger partial charge on any atom is 0.295 e. The van der Waals surface area contributed by atoms with Crippen LogP contribution in [-0.2, 0) is 9.59 Å². The molecule has 0 aliphatic carbocycles. The van der Waals surface area contributed by atoms with Crippen LogP contribution in [0.15, 0.2) is 29.8 Å². The molecule has 0 spiro atoms. The van der Waals surface area contributed by atoms with Crippen LogP contribution in [-0.4, -0.2) is 58.8 Å². The number of aromatic amines is 1. The van der Waals surface area contributed by atoms with Crippen LogP contribution >= 0.6 is 0 Å². The lowest BCUT2D eigenvalue weighted by Gasteiger charge is -2.26. The van der Waals surface area contributed by atoms with E-state index in [1.165, 1.54) is 11.0 Å². The van der Waals surface area contributed by atoms with Gasteiger partial charge in [0.1, 0.15) is 11.6 Å². The second-order valence-electron chi connectivity index (χ2n) is 8.05. The van der Waals surface area contributed by atoms with Crippen LogP contribution in [0, 0.1) is 26.6 Å². The van der Waals surface area contributed by atoms with Crippen LogP contribution in [0.2, 0.25) is 0 Å². The molecular formula is C23H28FN3O3. The highest BCUT2D eigenvalue weighted by Crippen LogP contribution is 2.41. The number of benzene rings is 1. The summed E-state index contributed by atoms with van der Waals surface area (Å²) in [6.45, 7) is 6.48. The van der Waals surface area contributed by atoms with E-state index in [4.69, 9.17) is 0 Å². The number of H-pyrrole nitrogens is 1. The molecule has 0 bridgehead atoms. The number of hydrogen-bond acceptors (Lipinski definition) is 4. The maximum absolute atomic E-state index is 14.8. The number of ketones is 1. The van der Waals surface area contributed by atoms with Crippen molar-refractivity contribution in [3.8, 4) is 0 Å². The Hall–Kier alpha value is -2.93. The third kappa shape index (κ3) is 3.77. The van der Waals surface area contributed by atoms with Gasteiger partial charge in [0.15, 0.2) is 0 Å². The molecule has 1 atom stereocenters. The quantitative estimate of drug-likeness (QED) is 0.432. The fraction of sp³-hybridized carbons (Fsp3) is 0.391. The fourth-order valence-electron chi connectivity index (χ4n) is 4.08. The molecule has 1 aliphatic rings. The predicted octanol–water partition coefficient (Wildman–Crippen LogP) is 3.45. The number of nitrogens with zero attached hydrogens (tertiary/aromatic N) is 2. The summed E-state index contributed by atoms with van der Waals surface area (Å²) < 4.78 is 14.8. The highest BCUT2D eigenvalue weighted by atomic mass is 19.1. The molecule has 2 heterocycles. The molecule has 30 heavy (non-hydrogen) atoms. The van der Waals surface area contributed by atoms with Gasteiger partial charge in [-0.3, -0.25) is 9.59 Å². The number of nitrogens with one attached hydrogen (secondary N) is 1. The molecule has 1 fully saturated rings. The van der Waals surface area contributed by atoms with E-state index in [-0.39, 0.29) is 23.4 Å². The SMILES string of the molecule is Cc1[nH]c(C)c(/C(O)=C2\C(=O)C(=O)N(CCCN(C)C)C2c2ccccc2F)c1C. The number of aliphatic hydroxyl groups is 1. The number of rotatable bonds is 6. The van der Waals surface area contributed by atoms with Gasteiger partial charge in [-0.15, -0.1) is 0 Å². The molecule has 6 nitrogen and oxygen atoms in total. The van der Waals surface area contributed by atoms with Gasteiger partial charge < -0.3 is 19.9 Å². The molecule has 0 saturated carbocycles. The summed E-state index contributed by atoms with van der Waals surface area (Å²) >= 11 is 0. The molecule has 2 aromatic rings. The first-order valence-corrected chi connectivity index (χ1v) is 9.98. The van der Waals surface area contributed by atoms with E-state index < -0.39 is 23.5 Å². The van der Waals surface area contributed by atoms with Crippen molar-refractivity contribution >= 4 is 17.4 Å². The van der Waals surface area contributed by atoms with Crippen molar-refractivity contribution in [1.82, 2.24) is 14.8 Å². The number of aliphatic hydroxyl groups excluding tert-OH is 1. The number of aromatic nitrogens is 1. The van der Waals surface area contributed by atoms with Gasteiger partial charge >= 0.3 is 0 Å². The normalized spacial score (nSPS) is 18.6. The predicted molar refractivity (Wildman–Crippen MR) is 114 cm³/mol. The topological polar surface area (TPSA) is 76.6 Å². The van der Waals surface area contributed by atoms with Crippen molar-refractivity contribution in [1.29, 1.82) is 0 Å². The number of carbonyl (C=O) groups is 2. The van der Waals surface area contributed by atoms with Crippen molar-refractivity contribution in [3.05, 3.63) is 63.7 Å². The van der Waals surface area contributed by atoms with E-state index in [2.05, 4.69) is 4.98 Å². The average molecular weight is 413 g/mol. The zero-order valence-electron chi connectivity index (χ0n) is 18.0. The third-order valence-electron chi connectivity index (χ3n) is 5.67. The Kier molecular flexibility index (Phi) is 6.12. The smallest absolute Gasteiger partial charge is 0.295 e. The van der Waals surface area contributed by atoms with Crippen LogP contribution < -0.4 is 0 Å². The van der Waals surface area contributed by atoms with Gasteiger partial charge in [-0.25, -0.2) is 4.39 Å². The molecule has 160 valence electrons. The van der Waals surface area contributed by atoms with Crippen LogP contribution in [0.5, 0.6) is 0 Å². The zero-order chi connectivity index (χ0) is 22.2. The summed E-state index contributed by atoms with van der Waals surface area (Å²) in [6, 6.07) is 5.10. The summed E-state index contributed by atoms with van der Waals surface area (Å²) in [6.07, 6.45) is 0.617. The Labute approximate surface area is 176 Å². The summed E-state index contributed by atoms with van der Waals surface area (Å²) in [5, 5.41) is 11.2. The minimum Gasteiger partial charge on any atom is -0.507 e. The Morgan fingerprint density at radius 3 is 2.40 bits per heavy atom. The van der Waals surface area contributed by atoms with Gasteiger partial charge in [0, 0.05) is 29.1 Å². The number of amides is 1. The van der Waals surface area contributed by atoms with E-state index in [1.54, 1.807) is 25.1 Å². The molecular weight excluding hydrogens is 385 g/mol. The van der Waals surface area contributed by atoms with Gasteiger partial charge in [-0.2, -0.15) is 0 Å². The number of carbonyl (C=O) groups excluding carboxylic acids is 2. The largest absolute Gasteiger partial charge is 0.507 e. The number of likely N-dealkylation sites (tertiary alicyclic amines) is 1. The first-order chi connectivity index (χ1) is 14.1. The summed E-state index contributed by atoms with van der Waals surface area (Å²) in [5.74, 6) is -2.29. The van der Waals surface area contributed by atoms with E-state index >= 15 is 0 Å². The first-order valence-electron chi connectivity index (χ1n) is 9.98. The van der Waals surface area contributed by atoms with Gasteiger partial charge in [-0.05, 0) is 59.5 Å². The van der Waals surface area contributed by atoms with E-state index in [0.29, 0.717) is 24.2 Å². The van der Waals surface area contributed by atoms with Crippen LogP contribution in [0.4, 0.5) is 4.39 Å². The Bertz CT molecular complexity index is 1020. The van der Waals surface area contributed by atoms with Crippen LogP contribution in [0.25, 0.3) is 5.76 Å². The van der Waals surface area contributed by atoms with Gasteiger partial charge in [0.2, 0.25) is 0 Å². The lowest BCUT2D eigenvalue weighted by atomic mass is 9.93. The second kappa shape index (κ2) is 8.44. The number of hydrogen-bond donors (Lipinski definition) is 2. The van der Waals surface area contributed by atoms with E-state index in [9.17, 15) is 19.1 Å². The highest BCUT2D eigenvalue weighted by molar-refractivity contribution is 6.46. The zero-order valence-corrected chi connectivity index (χ0v) is 18.0. The minimum atomic E-state index is -0.970. The molecule has 1 saturated heterocycles. The molecule has 1 unspecified atom stereocenters. The lowest BCUT2D eigenvalue weighted by molar-refractivity contribution is -0.140. The summed E-state index contributed by atoms with van der Waals surface area (Å²) in [7, 11) is 3.84. The molecule has 1 aromatic carbocycles. The molecule has 1 aliphatic heterocycles. The first kappa shape index (κ1) is 21.8. The number of aryl methyl sites for hydroxylation is 2. The van der Waals surface area contributed by atoms with E-state index in [0.717, 1.165) is 11.3 Å². The van der Waals surface area contributed by atoms with Gasteiger partial charge in [0.05, 0.1) is 11.6 Å². The molecule has 2 N–H and O–H groups in total. The van der Waals surface area contributed by atoms with Crippen LogP contribution in [0.1, 0.15) is 40.5 Å². The molecule has 0 radical (unpaired) electrons. The molecule has 1 aromatic heterocycles. The standard InChI is InChI=1S/C23H28FN3O3/c1-13-14(2)25-15(3)18(13)21(28)19-20(16-9-6-7-10-17(16)24)27(23(30)22(19)29)12-8-11-26(4)5/h6-7,9-10,20,25,28H,8,11-12H2,1-5H3/b21-19+. The van der Waals surface area contributed by atoms with E-state index in [1.807, 2.05) is 32.8 Å². The fourth-order valence-corrected chi connectivity index (χ4v) is 4.08. The summed E-state index contributed by atoms with van der Waals surface area (Å²) in [4.78, 5) is 32.4. The monoisotopic (exact) mass is 413 g/mol. The molecule has 1 amide bonds. The highest BCUT2D eigenvalue weighted by Gasteiger charge is 2.47. The average Bonchev–Trinajstić information content (AvgIpc) is 3.08. The van der Waals surface area contributed by atoms with Crippen molar-refractivity contribution in [2.45, 2.75) is 33.2 Å². The maximum atomic E-state index is 14.8. The van der Waals surface area contributed by atoms with Crippen LogP contribution in [0.3, 0.4) is 0 Å². The Morgan fingerprint density at radius 1 is 1.17 bits per heavy atom. The minimum absolute atomic E-state index is 0.0693. The third-order valence-corrected chi connectivity index (χ3v) is 5.67. The molecule has 7 heteroatoms. The Morgan fingerprint density at radius 2 is 1.83 bits per heavy atom. The van der Waals surface area contributed by atoms with Crippen molar-refractivity contribution in [2.75, 3.05) is 27.2 Å². The van der Waals surface area contributed by atoms with Gasteiger partial charge in [-0.1, -0.05) is 18.2 Å². The van der Waals surface area contributed by atoms with Crippen molar-refractivity contribution in [2.24, 2.45) is 0 Å². The molecule has 3 rings (SSSR count). The number of Topliss-reactive ketones (excluding diaryl/α,β-unsaturated/α-hetero) is 1. The summed E-state index contributed by atoms with van der Waals surface area (Å²) in [5.41, 5.74) is 2.95. The van der Waals surface area contributed by atoms with Gasteiger partial charge in [0.25, 0.3) is 11.7 Å². The van der Waals surface area contributed by atoms with Crippen molar-refractivity contribution < 1.29 is 19.1 Å².